The van der Waals surface area contributed by atoms with E-state index in [0.717, 1.165) is 0 Å². The highest BCUT2D eigenvalue weighted by atomic mass is 16.6. The zero-order valence-corrected chi connectivity index (χ0v) is 9.12. The van der Waals surface area contributed by atoms with Gasteiger partial charge in [0.1, 0.15) is 5.58 Å². The maximum Gasteiger partial charge on any atom is 0.336 e. The van der Waals surface area contributed by atoms with E-state index in [0.29, 0.717) is 16.2 Å². The third kappa shape index (κ3) is 1.45. The molecular formula is C13H7NO4. The molecule has 0 unspecified atom stereocenters. The smallest absolute Gasteiger partial charge is 0.336 e. The Morgan fingerprint density at radius 2 is 1.72 bits per heavy atom. The maximum atomic E-state index is 11.2. The Kier molecular flexibility index (Phi) is 2.13. The highest BCUT2D eigenvalue weighted by Gasteiger charge is 2.15. The van der Waals surface area contributed by atoms with Crippen LogP contribution in [0.5, 0.6) is 0 Å². The number of non-ortho nitro benzene ring substituents is 1. The normalized spacial score (nSPS) is 10.9. The molecule has 5 heteroatoms. The molecule has 0 atom stereocenters. The summed E-state index contributed by atoms with van der Waals surface area (Å²) in [5, 5.41) is 13.0. The Balaban J connectivity index is 2.61. The summed E-state index contributed by atoms with van der Waals surface area (Å²) < 4.78 is 5.00. The van der Waals surface area contributed by atoms with Crippen molar-refractivity contribution in [1.82, 2.24) is 0 Å². The average molecular weight is 241 g/mol. The summed E-state index contributed by atoms with van der Waals surface area (Å²) in [7, 11) is 0. The number of hydrogen-bond acceptors (Lipinski definition) is 4. The number of rotatable bonds is 1. The molecule has 1 aromatic heterocycles. The van der Waals surface area contributed by atoms with Crippen molar-refractivity contribution in [2.24, 2.45) is 0 Å². The van der Waals surface area contributed by atoms with Gasteiger partial charge >= 0.3 is 5.63 Å². The lowest BCUT2D eigenvalue weighted by molar-refractivity contribution is -0.383. The molecule has 0 fully saturated rings. The second-order valence-corrected chi connectivity index (χ2v) is 3.86. The lowest BCUT2D eigenvalue weighted by Crippen LogP contribution is -1.96. The van der Waals surface area contributed by atoms with Gasteiger partial charge in [0, 0.05) is 11.5 Å². The van der Waals surface area contributed by atoms with Crippen LogP contribution >= 0.6 is 0 Å². The van der Waals surface area contributed by atoms with E-state index in [1.807, 2.05) is 0 Å². The molecule has 0 bridgehead atoms. The summed E-state index contributed by atoms with van der Waals surface area (Å²) >= 11 is 0. The predicted octanol–water partition coefficient (Wildman–Crippen LogP) is 2.85. The molecular weight excluding hydrogens is 234 g/mol. The quantitative estimate of drug-likeness (QED) is 0.284. The van der Waals surface area contributed by atoms with Crippen molar-refractivity contribution >= 4 is 27.4 Å². The fraction of sp³-hybridized carbons (Fsp3) is 0. The second-order valence-electron chi connectivity index (χ2n) is 3.86. The Bertz CT molecular complexity index is 835. The van der Waals surface area contributed by atoms with E-state index in [-0.39, 0.29) is 11.3 Å². The topological polar surface area (TPSA) is 73.3 Å². The predicted molar refractivity (Wildman–Crippen MR) is 66.6 cm³/mol. The van der Waals surface area contributed by atoms with Crippen LogP contribution in [-0.4, -0.2) is 4.92 Å². The molecule has 2 aromatic carbocycles. The zero-order valence-electron chi connectivity index (χ0n) is 9.12. The Hall–Kier alpha value is -2.69. The summed E-state index contributed by atoms with van der Waals surface area (Å²) in [5.41, 5.74) is -0.354. The molecule has 1 heterocycles. The monoisotopic (exact) mass is 241 g/mol. The van der Waals surface area contributed by atoms with Crippen molar-refractivity contribution in [3.63, 3.8) is 0 Å². The van der Waals surface area contributed by atoms with E-state index in [1.165, 1.54) is 12.1 Å². The van der Waals surface area contributed by atoms with Crippen LogP contribution in [0.25, 0.3) is 21.7 Å². The lowest BCUT2D eigenvalue weighted by atomic mass is 10.0. The minimum Gasteiger partial charge on any atom is -0.422 e. The van der Waals surface area contributed by atoms with E-state index in [9.17, 15) is 14.9 Å². The van der Waals surface area contributed by atoms with Gasteiger partial charge < -0.3 is 4.42 Å². The molecule has 88 valence electrons. The first-order chi connectivity index (χ1) is 8.66. The molecule has 0 saturated carbocycles. The fourth-order valence-corrected chi connectivity index (χ4v) is 2.05. The molecule has 3 rings (SSSR count). The number of hydrogen-bond donors (Lipinski definition) is 0. The summed E-state index contributed by atoms with van der Waals surface area (Å²) in [5.74, 6) is 0. The number of benzene rings is 2. The van der Waals surface area contributed by atoms with Crippen molar-refractivity contribution in [2.75, 3.05) is 0 Å². The highest BCUT2D eigenvalue weighted by molar-refractivity contribution is 6.09. The van der Waals surface area contributed by atoms with Gasteiger partial charge in [-0.1, -0.05) is 18.2 Å². The number of fused-ring (bicyclic) bond motifs is 3. The van der Waals surface area contributed by atoms with Crippen LogP contribution in [-0.2, 0) is 0 Å². The molecule has 0 amide bonds. The molecule has 0 spiro atoms. The summed E-state index contributed by atoms with van der Waals surface area (Å²) in [4.78, 5) is 21.7. The first kappa shape index (κ1) is 10.5. The van der Waals surface area contributed by atoms with Gasteiger partial charge in [0.15, 0.2) is 0 Å². The van der Waals surface area contributed by atoms with Crippen molar-refractivity contribution in [3.05, 3.63) is 63.0 Å². The summed E-state index contributed by atoms with van der Waals surface area (Å²) in [6.07, 6.45) is 0. The summed E-state index contributed by atoms with van der Waals surface area (Å²) in [6, 6.07) is 11.2. The molecule has 5 nitrogen and oxygen atoms in total. The van der Waals surface area contributed by atoms with Gasteiger partial charge in [-0.05, 0) is 17.5 Å². The van der Waals surface area contributed by atoms with E-state index in [2.05, 4.69) is 0 Å². The average Bonchev–Trinajstić information content (AvgIpc) is 2.37. The summed E-state index contributed by atoms with van der Waals surface area (Å²) in [6.45, 7) is 0. The Morgan fingerprint density at radius 3 is 2.44 bits per heavy atom. The van der Waals surface area contributed by atoms with Crippen LogP contribution in [0.3, 0.4) is 0 Å². The van der Waals surface area contributed by atoms with Gasteiger partial charge in [0.2, 0.25) is 0 Å². The molecule has 0 aliphatic heterocycles. The molecule has 0 aliphatic carbocycles. The van der Waals surface area contributed by atoms with Crippen molar-refractivity contribution in [1.29, 1.82) is 0 Å². The SMILES string of the molecule is O=c1ccc2c(cc([N+](=O)[O-])c3ccccc32)o1. The molecule has 0 N–H and O–H groups in total. The fourth-order valence-electron chi connectivity index (χ4n) is 2.05. The number of nitrogens with zero attached hydrogens (tertiary/aromatic N) is 1. The van der Waals surface area contributed by atoms with E-state index < -0.39 is 10.5 Å². The second kappa shape index (κ2) is 3.66. The van der Waals surface area contributed by atoms with Gasteiger partial charge in [0.05, 0.1) is 16.4 Å². The maximum absolute atomic E-state index is 11.2. The lowest BCUT2D eigenvalue weighted by Gasteiger charge is -2.03. The molecule has 18 heavy (non-hydrogen) atoms. The largest absolute Gasteiger partial charge is 0.422 e. The highest BCUT2D eigenvalue weighted by Crippen LogP contribution is 2.32. The molecule has 0 radical (unpaired) electrons. The van der Waals surface area contributed by atoms with E-state index in [4.69, 9.17) is 4.42 Å². The molecule has 3 aromatic rings. The van der Waals surface area contributed by atoms with Gasteiger partial charge in [-0.15, -0.1) is 0 Å². The van der Waals surface area contributed by atoms with Crippen LogP contribution in [0.15, 0.2) is 51.7 Å². The van der Waals surface area contributed by atoms with Crippen LogP contribution in [0.4, 0.5) is 5.69 Å². The van der Waals surface area contributed by atoms with Crippen LogP contribution < -0.4 is 5.63 Å². The molecule has 0 aliphatic rings. The zero-order chi connectivity index (χ0) is 12.7. The van der Waals surface area contributed by atoms with Crippen LogP contribution in [0.1, 0.15) is 0 Å². The van der Waals surface area contributed by atoms with Crippen molar-refractivity contribution in [2.45, 2.75) is 0 Å². The van der Waals surface area contributed by atoms with Gasteiger partial charge in [0.25, 0.3) is 5.69 Å². The standard InChI is InChI=1S/C13H7NO4/c15-13-6-5-10-8-3-1-2-4-9(8)11(14(16)17)7-12(10)18-13/h1-7H. The Labute approximate surface area is 100 Å². The van der Waals surface area contributed by atoms with E-state index in [1.54, 1.807) is 30.3 Å². The minimum atomic E-state index is -0.521. The Morgan fingerprint density at radius 1 is 1.00 bits per heavy atom. The van der Waals surface area contributed by atoms with E-state index >= 15 is 0 Å². The third-order valence-corrected chi connectivity index (χ3v) is 2.82. The van der Waals surface area contributed by atoms with Gasteiger partial charge in [-0.3, -0.25) is 10.1 Å². The molecule has 0 saturated heterocycles. The third-order valence-electron chi connectivity index (χ3n) is 2.82. The first-order valence-corrected chi connectivity index (χ1v) is 5.27. The minimum absolute atomic E-state index is 0.0625. The van der Waals surface area contributed by atoms with Crippen molar-refractivity contribution in [3.8, 4) is 0 Å². The van der Waals surface area contributed by atoms with Gasteiger partial charge in [-0.2, -0.15) is 0 Å². The van der Waals surface area contributed by atoms with Crippen LogP contribution in [0, 0.1) is 10.1 Å². The van der Waals surface area contributed by atoms with Crippen LogP contribution in [0.2, 0.25) is 0 Å². The number of nitro benzene ring substituents is 1. The number of nitro groups is 1. The van der Waals surface area contributed by atoms with Gasteiger partial charge in [-0.25, -0.2) is 4.79 Å². The van der Waals surface area contributed by atoms with Crippen molar-refractivity contribution < 1.29 is 9.34 Å². The first-order valence-electron chi connectivity index (χ1n) is 5.27.